The third-order valence-corrected chi connectivity index (χ3v) is 4.58. The molecule has 2 aliphatic rings. The molecule has 2 heterocycles. The molecule has 0 spiro atoms. The number of hydrogen-bond donors (Lipinski definition) is 1. The van der Waals surface area contributed by atoms with Gasteiger partial charge in [0.15, 0.2) is 11.5 Å². The van der Waals surface area contributed by atoms with Gasteiger partial charge in [-0.3, -0.25) is 4.98 Å². The van der Waals surface area contributed by atoms with Crippen molar-refractivity contribution < 1.29 is 18.7 Å². The van der Waals surface area contributed by atoms with Crippen molar-refractivity contribution in [2.75, 3.05) is 0 Å². The lowest BCUT2D eigenvalue weighted by Crippen LogP contribution is -2.24. The Morgan fingerprint density at radius 2 is 2.23 bits per heavy atom. The molecule has 2 aliphatic carbocycles. The van der Waals surface area contributed by atoms with Crippen LogP contribution in [-0.4, -0.2) is 36.7 Å². The highest BCUT2D eigenvalue weighted by Gasteiger charge is 2.56. The van der Waals surface area contributed by atoms with E-state index < -0.39 is 17.8 Å². The molecule has 0 saturated heterocycles. The summed E-state index contributed by atoms with van der Waals surface area (Å²) in [6.45, 7) is 0. The van der Waals surface area contributed by atoms with Gasteiger partial charge in [-0.25, -0.2) is 23.2 Å². The molecule has 0 radical (unpaired) electrons. The van der Waals surface area contributed by atoms with Crippen LogP contribution < -0.4 is 0 Å². The SMILES string of the molecule is O=C(O)c1nn(-c2cnccn2)c2c1CC1C2CCC1(F)F. The molecule has 8 heteroatoms. The number of nitrogens with zero attached hydrogens (tertiary/aromatic N) is 4. The van der Waals surface area contributed by atoms with Gasteiger partial charge < -0.3 is 5.11 Å². The number of alkyl halides is 2. The zero-order valence-electron chi connectivity index (χ0n) is 11.4. The number of aromatic carboxylic acids is 1. The van der Waals surface area contributed by atoms with E-state index in [0.29, 0.717) is 23.5 Å². The number of carboxylic acid groups (broad SMARTS) is 1. The summed E-state index contributed by atoms with van der Waals surface area (Å²) in [6, 6.07) is 0. The quantitative estimate of drug-likeness (QED) is 0.918. The van der Waals surface area contributed by atoms with Crippen LogP contribution in [0.3, 0.4) is 0 Å². The predicted octanol–water partition coefficient (Wildman–Crippen LogP) is 2.05. The molecule has 2 aromatic rings. The van der Waals surface area contributed by atoms with Gasteiger partial charge in [0.1, 0.15) is 0 Å². The van der Waals surface area contributed by atoms with Crippen LogP contribution >= 0.6 is 0 Å². The van der Waals surface area contributed by atoms with Crippen LogP contribution in [-0.2, 0) is 6.42 Å². The summed E-state index contributed by atoms with van der Waals surface area (Å²) in [5, 5.41) is 13.4. The first-order valence-corrected chi connectivity index (χ1v) is 6.98. The van der Waals surface area contributed by atoms with Crippen molar-refractivity contribution in [1.29, 1.82) is 0 Å². The Bertz CT molecular complexity index is 760. The third-order valence-electron chi connectivity index (χ3n) is 4.58. The van der Waals surface area contributed by atoms with Crippen molar-refractivity contribution in [2.45, 2.75) is 31.1 Å². The molecule has 22 heavy (non-hydrogen) atoms. The average Bonchev–Trinajstić information content (AvgIpc) is 3.10. The van der Waals surface area contributed by atoms with Gasteiger partial charge >= 0.3 is 5.97 Å². The summed E-state index contributed by atoms with van der Waals surface area (Å²) < 4.78 is 29.4. The Kier molecular flexibility index (Phi) is 2.60. The molecule has 2 unspecified atom stereocenters. The first kappa shape index (κ1) is 13.3. The molecular formula is C14H12F2N4O2. The second-order valence-electron chi connectivity index (χ2n) is 5.71. The molecule has 0 aliphatic heterocycles. The van der Waals surface area contributed by atoms with E-state index in [1.807, 2.05) is 0 Å². The maximum absolute atomic E-state index is 14.0. The van der Waals surface area contributed by atoms with Crippen LogP contribution in [0.1, 0.15) is 40.5 Å². The topological polar surface area (TPSA) is 80.9 Å². The highest BCUT2D eigenvalue weighted by molar-refractivity contribution is 5.88. The van der Waals surface area contributed by atoms with Gasteiger partial charge in [-0.2, -0.15) is 5.10 Å². The summed E-state index contributed by atoms with van der Waals surface area (Å²) in [6.07, 6.45) is 4.59. The largest absolute Gasteiger partial charge is 0.476 e. The highest BCUT2D eigenvalue weighted by atomic mass is 19.3. The summed E-state index contributed by atoms with van der Waals surface area (Å²) >= 11 is 0. The minimum atomic E-state index is -2.76. The fourth-order valence-electron chi connectivity index (χ4n) is 3.66. The van der Waals surface area contributed by atoms with Crippen molar-refractivity contribution in [3.05, 3.63) is 35.5 Å². The van der Waals surface area contributed by atoms with Gasteiger partial charge in [-0.05, 0) is 12.8 Å². The lowest BCUT2D eigenvalue weighted by atomic mass is 9.97. The number of carbonyl (C=O) groups is 1. The van der Waals surface area contributed by atoms with Crippen LogP contribution in [0.4, 0.5) is 8.78 Å². The van der Waals surface area contributed by atoms with Gasteiger partial charge in [-0.15, -0.1) is 0 Å². The molecule has 2 atom stereocenters. The average molecular weight is 306 g/mol. The monoisotopic (exact) mass is 306 g/mol. The number of hydrogen-bond acceptors (Lipinski definition) is 4. The van der Waals surface area contributed by atoms with E-state index in [1.54, 1.807) is 0 Å². The summed E-state index contributed by atoms with van der Waals surface area (Å²) in [7, 11) is 0. The van der Waals surface area contributed by atoms with Gasteiger partial charge in [0, 0.05) is 36.2 Å². The Morgan fingerprint density at radius 1 is 1.41 bits per heavy atom. The smallest absolute Gasteiger partial charge is 0.356 e. The molecule has 114 valence electrons. The number of halogens is 2. The van der Waals surface area contributed by atoms with Crippen LogP contribution in [0.15, 0.2) is 18.6 Å². The van der Waals surface area contributed by atoms with Gasteiger partial charge in [0.2, 0.25) is 0 Å². The molecule has 6 nitrogen and oxygen atoms in total. The fraction of sp³-hybridized carbons (Fsp3) is 0.429. The van der Waals surface area contributed by atoms with Gasteiger partial charge in [0.05, 0.1) is 11.9 Å². The zero-order valence-corrected chi connectivity index (χ0v) is 11.4. The maximum atomic E-state index is 14.0. The van der Waals surface area contributed by atoms with Crippen molar-refractivity contribution >= 4 is 5.97 Å². The van der Waals surface area contributed by atoms with Gasteiger partial charge in [0.25, 0.3) is 5.92 Å². The second kappa shape index (κ2) is 4.31. The Hall–Kier alpha value is -2.38. The standard InChI is InChI=1S/C14H12F2N4O2/c15-14(16)2-1-7-9(14)5-8-11(13(21)22)19-20(12(7)8)10-6-17-3-4-18-10/h3-4,6-7,9H,1-2,5H2,(H,21,22). The maximum Gasteiger partial charge on any atom is 0.356 e. The van der Waals surface area contributed by atoms with E-state index in [1.165, 1.54) is 23.3 Å². The van der Waals surface area contributed by atoms with E-state index in [-0.39, 0.29) is 24.5 Å². The highest BCUT2D eigenvalue weighted by Crippen LogP contribution is 2.56. The lowest BCUT2D eigenvalue weighted by molar-refractivity contribution is -0.0371. The van der Waals surface area contributed by atoms with Crippen LogP contribution in [0.5, 0.6) is 0 Å². The van der Waals surface area contributed by atoms with E-state index in [9.17, 15) is 18.7 Å². The normalized spacial score (nSPS) is 25.0. The molecule has 0 amide bonds. The summed E-state index contributed by atoms with van der Waals surface area (Å²) in [5.74, 6) is -4.84. The molecule has 2 aromatic heterocycles. The molecular weight excluding hydrogens is 294 g/mol. The fourth-order valence-corrected chi connectivity index (χ4v) is 3.66. The molecule has 4 rings (SSSR count). The van der Waals surface area contributed by atoms with Crippen LogP contribution in [0.25, 0.3) is 5.82 Å². The molecule has 1 N–H and O–H groups in total. The van der Waals surface area contributed by atoms with Crippen molar-refractivity contribution in [3.63, 3.8) is 0 Å². The van der Waals surface area contributed by atoms with Crippen LogP contribution in [0.2, 0.25) is 0 Å². The molecule has 1 fully saturated rings. The van der Waals surface area contributed by atoms with Gasteiger partial charge in [-0.1, -0.05) is 0 Å². The minimum absolute atomic E-state index is 0.0505. The van der Waals surface area contributed by atoms with E-state index in [4.69, 9.17) is 0 Å². The number of carboxylic acids is 1. The number of rotatable bonds is 2. The summed E-state index contributed by atoms with van der Waals surface area (Å²) in [4.78, 5) is 19.4. The first-order chi connectivity index (χ1) is 10.5. The third kappa shape index (κ3) is 1.69. The van der Waals surface area contributed by atoms with Crippen molar-refractivity contribution in [3.8, 4) is 5.82 Å². The Balaban J connectivity index is 1.90. The Morgan fingerprint density at radius 3 is 2.91 bits per heavy atom. The minimum Gasteiger partial charge on any atom is -0.476 e. The van der Waals surface area contributed by atoms with E-state index >= 15 is 0 Å². The number of fused-ring (bicyclic) bond motifs is 3. The summed E-state index contributed by atoms with van der Waals surface area (Å²) in [5.41, 5.74) is 0.804. The second-order valence-corrected chi connectivity index (χ2v) is 5.71. The first-order valence-electron chi connectivity index (χ1n) is 6.98. The van der Waals surface area contributed by atoms with Crippen molar-refractivity contribution in [2.24, 2.45) is 5.92 Å². The lowest BCUT2D eigenvalue weighted by Gasteiger charge is -2.18. The predicted molar refractivity (Wildman–Crippen MR) is 70.2 cm³/mol. The Labute approximate surface area is 123 Å². The molecule has 0 aromatic carbocycles. The van der Waals surface area contributed by atoms with E-state index in [0.717, 1.165) is 0 Å². The van der Waals surface area contributed by atoms with Crippen LogP contribution in [0, 0.1) is 5.92 Å². The zero-order chi connectivity index (χ0) is 15.5. The van der Waals surface area contributed by atoms with Crippen molar-refractivity contribution in [1.82, 2.24) is 19.7 Å². The number of aromatic nitrogens is 4. The molecule has 1 saturated carbocycles. The molecule has 0 bridgehead atoms. The van der Waals surface area contributed by atoms with E-state index in [2.05, 4.69) is 15.1 Å².